The van der Waals surface area contributed by atoms with E-state index in [1.54, 1.807) is 36.4 Å². The van der Waals surface area contributed by atoms with Crippen molar-refractivity contribution in [3.8, 4) is 5.75 Å². The zero-order valence-electron chi connectivity index (χ0n) is 9.31. The predicted octanol–water partition coefficient (Wildman–Crippen LogP) is 3.87. The van der Waals surface area contributed by atoms with E-state index < -0.39 is 0 Å². The molecule has 0 spiro atoms. The van der Waals surface area contributed by atoms with E-state index in [1.807, 2.05) is 19.1 Å². The molecule has 0 saturated heterocycles. The summed E-state index contributed by atoms with van der Waals surface area (Å²) < 4.78 is 5.20. The van der Waals surface area contributed by atoms with Crippen molar-refractivity contribution in [3.63, 3.8) is 0 Å². The van der Waals surface area contributed by atoms with Gasteiger partial charge < -0.3 is 4.74 Å². The molecule has 0 aliphatic heterocycles. The normalized spacial score (nSPS) is 10.0. The van der Waals surface area contributed by atoms with Crippen molar-refractivity contribution in [2.24, 2.45) is 0 Å². The molecule has 0 aliphatic carbocycles. The molecule has 0 unspecified atom stereocenters. The first-order valence-corrected chi connectivity index (χ1v) is 5.57. The summed E-state index contributed by atoms with van der Waals surface area (Å²) in [5.41, 5.74) is 1.64. The molecule has 17 heavy (non-hydrogen) atoms. The molecule has 2 aromatic carbocycles. The number of halogens is 1. The van der Waals surface area contributed by atoms with Gasteiger partial charge in [-0.15, -0.1) is 0 Å². The Hall–Kier alpha value is -1.80. The van der Waals surface area contributed by atoms with E-state index >= 15 is 0 Å². The van der Waals surface area contributed by atoms with Gasteiger partial charge in [0.1, 0.15) is 5.75 Å². The molecule has 0 saturated carbocycles. The molecule has 0 radical (unpaired) electrons. The van der Waals surface area contributed by atoms with Crippen LogP contribution in [0.2, 0.25) is 5.02 Å². The number of hydrogen-bond acceptors (Lipinski definition) is 2. The number of aryl methyl sites for hydroxylation is 1. The van der Waals surface area contributed by atoms with Crippen LogP contribution in [-0.4, -0.2) is 5.97 Å². The summed E-state index contributed by atoms with van der Waals surface area (Å²) in [5, 5.41) is 0.611. The molecule has 0 atom stereocenters. The molecule has 0 aromatic heterocycles. The monoisotopic (exact) mass is 246 g/mol. The van der Waals surface area contributed by atoms with Crippen molar-refractivity contribution in [1.82, 2.24) is 0 Å². The summed E-state index contributed by atoms with van der Waals surface area (Å²) in [6, 6.07) is 13.9. The highest BCUT2D eigenvalue weighted by Crippen LogP contribution is 2.17. The minimum atomic E-state index is -0.368. The van der Waals surface area contributed by atoms with Gasteiger partial charge in [-0.25, -0.2) is 4.79 Å². The van der Waals surface area contributed by atoms with Crippen molar-refractivity contribution in [2.75, 3.05) is 0 Å². The molecule has 0 bridgehead atoms. The summed E-state index contributed by atoms with van der Waals surface area (Å²) in [6.07, 6.45) is 0. The van der Waals surface area contributed by atoms with E-state index in [4.69, 9.17) is 16.3 Å². The topological polar surface area (TPSA) is 26.3 Å². The van der Waals surface area contributed by atoms with Crippen LogP contribution in [0.3, 0.4) is 0 Å². The standard InChI is InChI=1S/C14H11ClO2/c1-10-2-4-11(5-3-10)14(16)17-13-8-6-12(15)7-9-13/h2-9H,1H3. The fourth-order valence-electron chi connectivity index (χ4n) is 1.36. The van der Waals surface area contributed by atoms with Gasteiger partial charge in [-0.3, -0.25) is 0 Å². The van der Waals surface area contributed by atoms with Crippen molar-refractivity contribution in [3.05, 3.63) is 64.7 Å². The maximum absolute atomic E-state index is 11.8. The largest absolute Gasteiger partial charge is 0.423 e. The molecule has 2 aromatic rings. The van der Waals surface area contributed by atoms with Gasteiger partial charge in [-0.05, 0) is 43.3 Å². The second kappa shape index (κ2) is 5.02. The molecule has 2 rings (SSSR count). The maximum Gasteiger partial charge on any atom is 0.343 e. The maximum atomic E-state index is 11.8. The van der Waals surface area contributed by atoms with Crippen LogP contribution < -0.4 is 4.74 Å². The van der Waals surface area contributed by atoms with Crippen LogP contribution >= 0.6 is 11.6 Å². The fourth-order valence-corrected chi connectivity index (χ4v) is 1.48. The average molecular weight is 247 g/mol. The predicted molar refractivity (Wildman–Crippen MR) is 67.6 cm³/mol. The van der Waals surface area contributed by atoms with E-state index in [2.05, 4.69) is 0 Å². The van der Waals surface area contributed by atoms with Gasteiger partial charge in [0.15, 0.2) is 0 Å². The van der Waals surface area contributed by atoms with Crippen LogP contribution in [-0.2, 0) is 0 Å². The number of carbonyl (C=O) groups is 1. The van der Waals surface area contributed by atoms with Gasteiger partial charge in [0.2, 0.25) is 0 Å². The minimum Gasteiger partial charge on any atom is -0.423 e. The lowest BCUT2D eigenvalue weighted by atomic mass is 10.1. The quantitative estimate of drug-likeness (QED) is 0.594. The number of carbonyl (C=O) groups excluding carboxylic acids is 1. The molecule has 0 fully saturated rings. The molecule has 0 heterocycles. The number of esters is 1. The Labute approximate surface area is 105 Å². The van der Waals surface area contributed by atoms with Gasteiger partial charge in [0, 0.05) is 5.02 Å². The Morgan fingerprint density at radius 3 is 2.18 bits per heavy atom. The van der Waals surface area contributed by atoms with Gasteiger partial charge in [0.05, 0.1) is 5.56 Å². The third-order valence-electron chi connectivity index (χ3n) is 2.31. The second-order valence-electron chi connectivity index (χ2n) is 3.71. The Morgan fingerprint density at radius 2 is 1.59 bits per heavy atom. The zero-order valence-corrected chi connectivity index (χ0v) is 10.1. The van der Waals surface area contributed by atoms with Gasteiger partial charge in [-0.2, -0.15) is 0 Å². The Kier molecular flexibility index (Phi) is 3.45. The summed E-state index contributed by atoms with van der Waals surface area (Å²) >= 11 is 5.74. The molecular weight excluding hydrogens is 236 g/mol. The van der Waals surface area contributed by atoms with Crippen LogP contribution in [0.5, 0.6) is 5.75 Å². The van der Waals surface area contributed by atoms with Crippen molar-refractivity contribution in [2.45, 2.75) is 6.92 Å². The highest BCUT2D eigenvalue weighted by Gasteiger charge is 2.07. The molecule has 3 heteroatoms. The third kappa shape index (κ3) is 3.08. The molecule has 0 aliphatic rings. The van der Waals surface area contributed by atoms with Crippen LogP contribution in [0.1, 0.15) is 15.9 Å². The molecule has 2 nitrogen and oxygen atoms in total. The first kappa shape index (κ1) is 11.7. The summed E-state index contributed by atoms with van der Waals surface area (Å²) in [4.78, 5) is 11.8. The zero-order chi connectivity index (χ0) is 12.3. The number of benzene rings is 2. The van der Waals surface area contributed by atoms with Crippen molar-refractivity contribution >= 4 is 17.6 Å². The third-order valence-corrected chi connectivity index (χ3v) is 2.56. The van der Waals surface area contributed by atoms with Crippen molar-refractivity contribution in [1.29, 1.82) is 0 Å². The van der Waals surface area contributed by atoms with Crippen molar-refractivity contribution < 1.29 is 9.53 Å². The Morgan fingerprint density at radius 1 is 1.00 bits per heavy atom. The van der Waals surface area contributed by atoms with Crippen LogP contribution in [0, 0.1) is 6.92 Å². The highest BCUT2D eigenvalue weighted by molar-refractivity contribution is 6.30. The van der Waals surface area contributed by atoms with E-state index in [0.29, 0.717) is 16.3 Å². The second-order valence-corrected chi connectivity index (χ2v) is 4.15. The smallest absolute Gasteiger partial charge is 0.343 e. The Balaban J connectivity index is 2.11. The van der Waals surface area contributed by atoms with E-state index in [9.17, 15) is 4.79 Å². The fraction of sp³-hybridized carbons (Fsp3) is 0.0714. The number of ether oxygens (including phenoxy) is 1. The first-order valence-electron chi connectivity index (χ1n) is 5.19. The summed E-state index contributed by atoms with van der Waals surface area (Å²) in [6.45, 7) is 1.97. The lowest BCUT2D eigenvalue weighted by molar-refractivity contribution is 0.0735. The summed E-state index contributed by atoms with van der Waals surface area (Å²) in [5.74, 6) is 0.118. The molecule has 0 N–H and O–H groups in total. The lowest BCUT2D eigenvalue weighted by Gasteiger charge is -2.04. The lowest BCUT2D eigenvalue weighted by Crippen LogP contribution is -2.08. The average Bonchev–Trinajstić information content (AvgIpc) is 2.33. The first-order chi connectivity index (χ1) is 8.15. The van der Waals surface area contributed by atoms with Gasteiger partial charge >= 0.3 is 5.97 Å². The van der Waals surface area contributed by atoms with E-state index in [0.717, 1.165) is 5.56 Å². The molecule has 0 amide bonds. The molecule has 86 valence electrons. The number of hydrogen-bond donors (Lipinski definition) is 0. The van der Waals surface area contributed by atoms with E-state index in [-0.39, 0.29) is 5.97 Å². The highest BCUT2D eigenvalue weighted by atomic mass is 35.5. The van der Waals surface area contributed by atoms with E-state index in [1.165, 1.54) is 0 Å². The van der Waals surface area contributed by atoms with Crippen LogP contribution in [0.15, 0.2) is 48.5 Å². The van der Waals surface area contributed by atoms with Crippen LogP contribution in [0.4, 0.5) is 0 Å². The van der Waals surface area contributed by atoms with Gasteiger partial charge in [-0.1, -0.05) is 29.3 Å². The summed E-state index contributed by atoms with van der Waals surface area (Å²) in [7, 11) is 0. The van der Waals surface area contributed by atoms with Gasteiger partial charge in [0.25, 0.3) is 0 Å². The minimum absolute atomic E-state index is 0.368. The number of rotatable bonds is 2. The molecular formula is C14H11ClO2. The SMILES string of the molecule is Cc1ccc(C(=O)Oc2ccc(Cl)cc2)cc1. The Bertz CT molecular complexity index is 515. The van der Waals surface area contributed by atoms with Crippen LogP contribution in [0.25, 0.3) is 0 Å².